The molecule has 1 atom stereocenters. The Morgan fingerprint density at radius 1 is 0.875 bits per heavy atom. The lowest BCUT2D eigenvalue weighted by Gasteiger charge is -2.33. The maximum Gasteiger partial charge on any atom is 0.264 e. The molecule has 214 valence electrons. The number of rotatable bonds is 12. The molecule has 40 heavy (non-hydrogen) atoms. The molecule has 0 bridgehead atoms. The number of carbonyl (C=O) groups excluding carboxylic acids is 2. The van der Waals surface area contributed by atoms with E-state index in [-0.39, 0.29) is 39.0 Å². The molecule has 2 amide bonds. The number of halogens is 3. The molecule has 0 aromatic heterocycles. The van der Waals surface area contributed by atoms with Crippen molar-refractivity contribution in [2.45, 2.75) is 44.7 Å². The van der Waals surface area contributed by atoms with Crippen LogP contribution in [0.3, 0.4) is 0 Å². The Labute approximate surface area is 251 Å². The number of hydrogen-bond donors (Lipinski definition) is 1. The van der Waals surface area contributed by atoms with E-state index < -0.39 is 28.5 Å². The monoisotopic (exact) mass is 623 g/mol. The Morgan fingerprint density at radius 3 is 2.12 bits per heavy atom. The second kappa shape index (κ2) is 14.2. The summed E-state index contributed by atoms with van der Waals surface area (Å²) in [6.07, 6.45) is 0.304. The van der Waals surface area contributed by atoms with Gasteiger partial charge in [0.1, 0.15) is 12.6 Å². The summed E-state index contributed by atoms with van der Waals surface area (Å²) in [6.45, 7) is 5.58. The van der Waals surface area contributed by atoms with E-state index in [0.29, 0.717) is 23.6 Å². The highest BCUT2D eigenvalue weighted by molar-refractivity contribution is 7.92. The summed E-state index contributed by atoms with van der Waals surface area (Å²) in [5, 5.41) is 3.69. The summed E-state index contributed by atoms with van der Waals surface area (Å²) in [4.78, 5) is 28.7. The second-order valence-corrected chi connectivity index (χ2v) is 12.7. The number of nitrogens with one attached hydrogen (secondary N) is 1. The molecule has 0 heterocycles. The Bertz CT molecular complexity index is 1440. The molecule has 0 spiro atoms. The molecule has 0 aliphatic rings. The predicted molar refractivity (Wildman–Crippen MR) is 161 cm³/mol. The first-order valence-corrected chi connectivity index (χ1v) is 15.4. The minimum absolute atomic E-state index is 0.00626. The minimum atomic E-state index is -4.21. The zero-order valence-electron chi connectivity index (χ0n) is 22.5. The van der Waals surface area contributed by atoms with Crippen LogP contribution in [0.15, 0.2) is 77.7 Å². The third kappa shape index (κ3) is 7.91. The van der Waals surface area contributed by atoms with Gasteiger partial charge in [-0.2, -0.15) is 0 Å². The van der Waals surface area contributed by atoms with Crippen molar-refractivity contribution in [1.82, 2.24) is 10.2 Å². The fourth-order valence-corrected chi connectivity index (χ4v) is 5.96. The summed E-state index contributed by atoms with van der Waals surface area (Å²) in [5.74, 6) is -0.712. The van der Waals surface area contributed by atoms with Gasteiger partial charge in [-0.1, -0.05) is 92.0 Å². The Hall–Kier alpha value is -2.78. The summed E-state index contributed by atoms with van der Waals surface area (Å²) in [7, 11) is -4.21. The highest BCUT2D eigenvalue weighted by Gasteiger charge is 2.34. The first-order valence-electron chi connectivity index (χ1n) is 12.8. The van der Waals surface area contributed by atoms with Crippen molar-refractivity contribution in [2.24, 2.45) is 5.92 Å². The SMILES string of the molecule is CC[C@H](C(=O)NCC(C)C)N(Cc1ccccc1Cl)C(=O)CN(c1ccc(Cl)c(Cl)c1)S(=O)(=O)c1ccccc1. The summed E-state index contributed by atoms with van der Waals surface area (Å²) >= 11 is 18.7. The van der Waals surface area contributed by atoms with Crippen molar-refractivity contribution in [2.75, 3.05) is 17.4 Å². The fourth-order valence-electron chi connectivity index (χ4n) is 4.04. The van der Waals surface area contributed by atoms with Gasteiger partial charge in [0.15, 0.2) is 0 Å². The minimum Gasteiger partial charge on any atom is -0.354 e. The van der Waals surface area contributed by atoms with Crippen molar-refractivity contribution >= 4 is 62.3 Å². The molecule has 3 aromatic rings. The number of hydrogen-bond acceptors (Lipinski definition) is 4. The maximum absolute atomic E-state index is 14.1. The van der Waals surface area contributed by atoms with Gasteiger partial charge in [0, 0.05) is 18.1 Å². The quantitative estimate of drug-likeness (QED) is 0.252. The van der Waals surface area contributed by atoms with E-state index in [4.69, 9.17) is 34.8 Å². The van der Waals surface area contributed by atoms with Crippen LogP contribution in [0.1, 0.15) is 32.8 Å². The lowest BCUT2D eigenvalue weighted by molar-refractivity contribution is -0.140. The molecular weight excluding hydrogens is 593 g/mol. The van der Waals surface area contributed by atoms with Crippen LogP contribution in [0, 0.1) is 5.92 Å². The van der Waals surface area contributed by atoms with E-state index in [9.17, 15) is 18.0 Å². The molecule has 3 rings (SSSR count). The van der Waals surface area contributed by atoms with Gasteiger partial charge >= 0.3 is 0 Å². The number of benzene rings is 3. The van der Waals surface area contributed by atoms with Gasteiger partial charge < -0.3 is 10.2 Å². The highest BCUT2D eigenvalue weighted by Crippen LogP contribution is 2.31. The molecule has 0 saturated carbocycles. The van der Waals surface area contributed by atoms with Gasteiger partial charge in [-0.3, -0.25) is 13.9 Å². The van der Waals surface area contributed by atoms with Crippen molar-refractivity contribution in [3.8, 4) is 0 Å². The van der Waals surface area contributed by atoms with Crippen LogP contribution in [0.25, 0.3) is 0 Å². The van der Waals surface area contributed by atoms with Crippen LogP contribution >= 0.6 is 34.8 Å². The predicted octanol–water partition coefficient (Wildman–Crippen LogP) is 6.42. The third-order valence-electron chi connectivity index (χ3n) is 6.17. The van der Waals surface area contributed by atoms with Crippen LogP contribution in [-0.4, -0.2) is 44.3 Å². The molecule has 11 heteroatoms. The van der Waals surface area contributed by atoms with Crippen molar-refractivity contribution in [1.29, 1.82) is 0 Å². The highest BCUT2D eigenvalue weighted by atomic mass is 35.5. The average molecular weight is 625 g/mol. The Balaban J connectivity index is 2.07. The Kier molecular flexibility index (Phi) is 11.3. The first kappa shape index (κ1) is 31.7. The molecule has 0 unspecified atom stereocenters. The zero-order chi connectivity index (χ0) is 29.4. The maximum atomic E-state index is 14.1. The number of nitrogens with zero attached hydrogens (tertiary/aromatic N) is 2. The molecule has 0 aliphatic heterocycles. The van der Waals surface area contributed by atoms with Crippen LogP contribution < -0.4 is 9.62 Å². The molecule has 7 nitrogen and oxygen atoms in total. The lowest BCUT2D eigenvalue weighted by atomic mass is 10.1. The number of carbonyl (C=O) groups is 2. The summed E-state index contributed by atoms with van der Waals surface area (Å²) in [6, 6.07) is 18.3. The van der Waals surface area contributed by atoms with E-state index in [1.54, 1.807) is 49.4 Å². The van der Waals surface area contributed by atoms with Gasteiger partial charge in [-0.15, -0.1) is 0 Å². The molecule has 0 radical (unpaired) electrons. The van der Waals surface area contributed by atoms with Crippen LogP contribution in [0.4, 0.5) is 5.69 Å². The number of sulfonamides is 1. The number of amides is 2. The lowest BCUT2D eigenvalue weighted by Crippen LogP contribution is -2.52. The van der Waals surface area contributed by atoms with Gasteiger partial charge in [0.05, 0.1) is 20.6 Å². The largest absolute Gasteiger partial charge is 0.354 e. The first-order chi connectivity index (χ1) is 18.9. The van der Waals surface area contributed by atoms with Crippen LogP contribution in [0.5, 0.6) is 0 Å². The normalized spacial score (nSPS) is 12.2. The summed E-state index contributed by atoms with van der Waals surface area (Å²) < 4.78 is 28.6. The van der Waals surface area contributed by atoms with E-state index in [0.717, 1.165) is 4.31 Å². The summed E-state index contributed by atoms with van der Waals surface area (Å²) in [5.41, 5.74) is 0.779. The molecule has 0 fully saturated rings. The molecule has 0 aliphatic carbocycles. The van der Waals surface area contributed by atoms with E-state index in [1.165, 1.54) is 35.2 Å². The van der Waals surface area contributed by atoms with Crippen molar-refractivity contribution in [3.63, 3.8) is 0 Å². The smallest absolute Gasteiger partial charge is 0.264 e. The van der Waals surface area contributed by atoms with Crippen molar-refractivity contribution < 1.29 is 18.0 Å². The molecule has 1 N–H and O–H groups in total. The van der Waals surface area contributed by atoms with E-state index >= 15 is 0 Å². The Morgan fingerprint density at radius 2 is 1.52 bits per heavy atom. The van der Waals surface area contributed by atoms with Crippen molar-refractivity contribution in [3.05, 3.63) is 93.4 Å². The fraction of sp³-hybridized carbons (Fsp3) is 0.310. The topological polar surface area (TPSA) is 86.8 Å². The van der Waals surface area contributed by atoms with Crippen LogP contribution in [-0.2, 0) is 26.2 Å². The third-order valence-corrected chi connectivity index (χ3v) is 9.07. The second-order valence-electron chi connectivity index (χ2n) is 9.60. The zero-order valence-corrected chi connectivity index (χ0v) is 25.6. The van der Waals surface area contributed by atoms with Gasteiger partial charge in [-0.25, -0.2) is 8.42 Å². The van der Waals surface area contributed by atoms with Gasteiger partial charge in [0.2, 0.25) is 11.8 Å². The van der Waals surface area contributed by atoms with E-state index in [1.807, 2.05) is 13.8 Å². The molecule has 0 saturated heterocycles. The van der Waals surface area contributed by atoms with Gasteiger partial charge in [-0.05, 0) is 54.3 Å². The molecule has 3 aromatic carbocycles. The standard InChI is InChI=1S/C29H32Cl3N3O4S/c1-4-27(29(37)33-17-20(2)3)34(18-21-10-8-9-13-24(21)30)28(36)19-35(22-14-15-25(31)26(32)16-22)40(38,39)23-11-6-5-7-12-23/h5-16,20,27H,4,17-19H2,1-3H3,(H,33,37)/t27-/m1/s1. The van der Waals surface area contributed by atoms with Gasteiger partial charge in [0.25, 0.3) is 10.0 Å². The average Bonchev–Trinajstić information content (AvgIpc) is 2.93. The molecular formula is C29H32Cl3N3O4S. The number of anilines is 1. The van der Waals surface area contributed by atoms with E-state index in [2.05, 4.69) is 5.32 Å². The van der Waals surface area contributed by atoms with Crippen LogP contribution in [0.2, 0.25) is 15.1 Å².